The number of methoxy groups -OCH3 is 1. The number of carbonyl (C=O) groups is 3. The Kier molecular flexibility index (Phi) is 6.02. The van der Waals surface area contributed by atoms with Crippen LogP contribution in [-0.4, -0.2) is 54.2 Å². The lowest BCUT2D eigenvalue weighted by Crippen LogP contribution is -2.49. The van der Waals surface area contributed by atoms with Crippen LogP contribution in [0.3, 0.4) is 0 Å². The number of amides is 2. The zero-order valence-electron chi connectivity index (χ0n) is 11.7. The molecule has 1 aliphatic heterocycles. The van der Waals surface area contributed by atoms with Gasteiger partial charge in [-0.05, 0) is 19.8 Å². The number of ether oxygens (including phenoxy) is 1. The summed E-state index contributed by atoms with van der Waals surface area (Å²) in [6, 6.07) is -1.51. The second-order valence-electron chi connectivity index (χ2n) is 4.70. The van der Waals surface area contributed by atoms with Gasteiger partial charge in [0, 0.05) is 19.5 Å². The molecule has 20 heavy (non-hydrogen) atoms. The van der Waals surface area contributed by atoms with Gasteiger partial charge in [0.05, 0.1) is 7.11 Å². The molecule has 0 radical (unpaired) electrons. The molecule has 0 saturated heterocycles. The molecule has 1 heterocycles. The lowest BCUT2D eigenvalue weighted by Gasteiger charge is -2.27. The van der Waals surface area contributed by atoms with E-state index in [2.05, 4.69) is 10.1 Å². The van der Waals surface area contributed by atoms with Gasteiger partial charge in [-0.3, -0.25) is 4.79 Å². The maximum Gasteiger partial charge on any atom is 0.326 e. The maximum absolute atomic E-state index is 11.9. The highest BCUT2D eigenvalue weighted by Crippen LogP contribution is 2.10. The molecule has 0 unspecified atom stereocenters. The van der Waals surface area contributed by atoms with E-state index in [0.29, 0.717) is 13.1 Å². The normalized spacial score (nSPS) is 16.1. The second kappa shape index (κ2) is 7.52. The summed E-state index contributed by atoms with van der Waals surface area (Å²) in [5.74, 6) is -1.66. The minimum atomic E-state index is -1.16. The third-order valence-electron chi connectivity index (χ3n) is 3.18. The van der Waals surface area contributed by atoms with Gasteiger partial charge in [-0.15, -0.1) is 0 Å². The van der Waals surface area contributed by atoms with E-state index in [1.807, 2.05) is 13.0 Å². The molecular formula is C13H20N2O5. The average Bonchev–Trinajstić information content (AvgIpc) is 2.43. The van der Waals surface area contributed by atoms with E-state index >= 15 is 0 Å². The Morgan fingerprint density at radius 1 is 1.50 bits per heavy atom. The molecule has 0 fully saturated rings. The van der Waals surface area contributed by atoms with E-state index in [1.54, 1.807) is 4.90 Å². The van der Waals surface area contributed by atoms with Crippen LogP contribution >= 0.6 is 0 Å². The highest BCUT2D eigenvalue weighted by Gasteiger charge is 2.24. The first-order chi connectivity index (χ1) is 9.43. The predicted octanol–water partition coefficient (Wildman–Crippen LogP) is 0.754. The van der Waals surface area contributed by atoms with Crippen molar-refractivity contribution in [2.75, 3.05) is 20.2 Å². The molecule has 2 N–H and O–H groups in total. The van der Waals surface area contributed by atoms with Gasteiger partial charge in [0.25, 0.3) is 0 Å². The molecule has 7 nitrogen and oxygen atoms in total. The first-order valence-electron chi connectivity index (χ1n) is 6.44. The minimum absolute atomic E-state index is 0.0104. The van der Waals surface area contributed by atoms with Crippen molar-refractivity contribution in [2.45, 2.75) is 32.2 Å². The molecular weight excluding hydrogens is 264 g/mol. The SMILES string of the molecule is COC(=O)CC[C@@H](NC(=O)N1CC=C(C)CC1)C(=O)O. The number of urea groups is 1. The maximum atomic E-state index is 11.9. The Morgan fingerprint density at radius 3 is 2.70 bits per heavy atom. The highest BCUT2D eigenvalue weighted by atomic mass is 16.5. The summed E-state index contributed by atoms with van der Waals surface area (Å²) in [5.41, 5.74) is 1.22. The van der Waals surface area contributed by atoms with Crippen LogP contribution in [0.25, 0.3) is 0 Å². The van der Waals surface area contributed by atoms with Crippen molar-refractivity contribution in [1.82, 2.24) is 10.2 Å². The van der Waals surface area contributed by atoms with Crippen LogP contribution < -0.4 is 5.32 Å². The number of hydrogen-bond acceptors (Lipinski definition) is 4. The van der Waals surface area contributed by atoms with Gasteiger partial charge < -0.3 is 20.1 Å². The molecule has 0 bridgehead atoms. The van der Waals surface area contributed by atoms with Crippen molar-refractivity contribution < 1.29 is 24.2 Å². The van der Waals surface area contributed by atoms with Crippen LogP contribution in [-0.2, 0) is 14.3 Å². The number of carboxylic acid groups (broad SMARTS) is 1. The summed E-state index contributed by atoms with van der Waals surface area (Å²) in [6.45, 7) is 3.03. The zero-order chi connectivity index (χ0) is 15.1. The zero-order valence-corrected chi connectivity index (χ0v) is 11.7. The van der Waals surface area contributed by atoms with Gasteiger partial charge in [-0.2, -0.15) is 0 Å². The number of carboxylic acids is 1. The Balaban J connectivity index is 2.51. The van der Waals surface area contributed by atoms with Crippen molar-refractivity contribution in [1.29, 1.82) is 0 Å². The fourth-order valence-electron chi connectivity index (χ4n) is 1.82. The van der Waals surface area contributed by atoms with Gasteiger partial charge in [-0.25, -0.2) is 9.59 Å². The summed E-state index contributed by atoms with van der Waals surface area (Å²) in [7, 11) is 1.24. The molecule has 1 rings (SSSR count). The van der Waals surface area contributed by atoms with Crippen molar-refractivity contribution in [3.05, 3.63) is 11.6 Å². The molecule has 112 valence electrons. The number of rotatable bonds is 5. The number of nitrogens with zero attached hydrogens (tertiary/aromatic N) is 1. The summed E-state index contributed by atoms with van der Waals surface area (Å²) >= 11 is 0. The molecule has 0 aromatic heterocycles. The van der Waals surface area contributed by atoms with Crippen LogP contribution in [0.4, 0.5) is 4.79 Å². The van der Waals surface area contributed by atoms with Gasteiger partial charge in [0.1, 0.15) is 6.04 Å². The van der Waals surface area contributed by atoms with Crippen molar-refractivity contribution in [3.63, 3.8) is 0 Å². The number of nitrogens with one attached hydrogen (secondary N) is 1. The van der Waals surface area contributed by atoms with Crippen LogP contribution in [0.2, 0.25) is 0 Å². The van der Waals surface area contributed by atoms with Crippen molar-refractivity contribution in [3.8, 4) is 0 Å². The van der Waals surface area contributed by atoms with Crippen LogP contribution in [0.5, 0.6) is 0 Å². The lowest BCUT2D eigenvalue weighted by atomic mass is 10.1. The van der Waals surface area contributed by atoms with E-state index in [4.69, 9.17) is 5.11 Å². The van der Waals surface area contributed by atoms with E-state index < -0.39 is 24.0 Å². The second-order valence-corrected chi connectivity index (χ2v) is 4.70. The Bertz CT molecular complexity index is 419. The molecule has 0 aromatic carbocycles. The van der Waals surface area contributed by atoms with Crippen molar-refractivity contribution in [2.24, 2.45) is 0 Å². The number of esters is 1. The molecule has 7 heteroatoms. The topological polar surface area (TPSA) is 95.9 Å². The first-order valence-corrected chi connectivity index (χ1v) is 6.44. The fourth-order valence-corrected chi connectivity index (χ4v) is 1.82. The minimum Gasteiger partial charge on any atom is -0.480 e. The fraction of sp³-hybridized carbons (Fsp3) is 0.615. The summed E-state index contributed by atoms with van der Waals surface area (Å²) < 4.78 is 4.45. The molecule has 0 saturated carbocycles. The lowest BCUT2D eigenvalue weighted by molar-refractivity contribution is -0.142. The average molecular weight is 284 g/mol. The van der Waals surface area contributed by atoms with Crippen molar-refractivity contribution >= 4 is 18.0 Å². The molecule has 0 aliphatic carbocycles. The monoisotopic (exact) mass is 284 g/mol. The summed E-state index contributed by atoms with van der Waals surface area (Å²) in [6.07, 6.45) is 2.68. The van der Waals surface area contributed by atoms with Gasteiger partial charge in [0.2, 0.25) is 0 Å². The Morgan fingerprint density at radius 2 is 2.20 bits per heavy atom. The van der Waals surface area contributed by atoms with E-state index in [-0.39, 0.29) is 12.8 Å². The number of hydrogen-bond donors (Lipinski definition) is 2. The van der Waals surface area contributed by atoms with Gasteiger partial charge >= 0.3 is 18.0 Å². The summed E-state index contributed by atoms with van der Waals surface area (Å²) in [5, 5.41) is 11.5. The largest absolute Gasteiger partial charge is 0.480 e. The van der Waals surface area contributed by atoms with E-state index in [1.165, 1.54) is 12.7 Å². The highest BCUT2D eigenvalue weighted by molar-refractivity contribution is 5.83. The third-order valence-corrected chi connectivity index (χ3v) is 3.18. The third kappa shape index (κ3) is 4.91. The van der Waals surface area contributed by atoms with E-state index in [0.717, 1.165) is 6.42 Å². The molecule has 1 aliphatic rings. The number of aliphatic carboxylic acids is 1. The molecule has 0 spiro atoms. The smallest absolute Gasteiger partial charge is 0.326 e. The predicted molar refractivity (Wildman–Crippen MR) is 71.2 cm³/mol. The Hall–Kier alpha value is -2.05. The first kappa shape index (κ1) is 16.0. The van der Waals surface area contributed by atoms with Crippen LogP contribution in [0.15, 0.2) is 11.6 Å². The van der Waals surface area contributed by atoms with Crippen LogP contribution in [0.1, 0.15) is 26.2 Å². The molecule has 1 atom stereocenters. The van der Waals surface area contributed by atoms with Crippen LogP contribution in [0, 0.1) is 0 Å². The Labute approximate surface area is 117 Å². The van der Waals surface area contributed by atoms with Gasteiger partial charge in [0.15, 0.2) is 0 Å². The molecule has 0 aromatic rings. The van der Waals surface area contributed by atoms with Gasteiger partial charge in [-0.1, -0.05) is 11.6 Å². The quantitative estimate of drug-likeness (QED) is 0.574. The standard InChI is InChI=1S/C13H20N2O5/c1-9-5-7-15(8-6-9)13(19)14-10(12(17)18)3-4-11(16)20-2/h5,10H,3-4,6-8H2,1-2H3,(H,14,19)(H,17,18)/t10-/m1/s1. The van der Waals surface area contributed by atoms with E-state index in [9.17, 15) is 14.4 Å². The summed E-state index contributed by atoms with van der Waals surface area (Å²) in [4.78, 5) is 35.6. The molecule has 2 amide bonds. The number of carbonyl (C=O) groups excluding carboxylic acids is 2.